The Bertz CT molecular complexity index is 514. The summed E-state index contributed by atoms with van der Waals surface area (Å²) in [5.74, 6) is 1.24. The van der Waals surface area contributed by atoms with Crippen LogP contribution in [0, 0.1) is 22.7 Å². The van der Waals surface area contributed by atoms with Gasteiger partial charge in [-0.15, -0.1) is 0 Å². The van der Waals surface area contributed by atoms with Gasteiger partial charge in [0.25, 0.3) is 0 Å². The molecule has 0 bridgehead atoms. The zero-order valence-electron chi connectivity index (χ0n) is 16.4. The Balaban J connectivity index is 2.04. The minimum atomic E-state index is -0.209. The van der Waals surface area contributed by atoms with Gasteiger partial charge in [-0.1, -0.05) is 44.9 Å². The van der Waals surface area contributed by atoms with Crippen molar-refractivity contribution in [2.24, 2.45) is 22.7 Å². The quantitative estimate of drug-likeness (QED) is 0.451. The molecule has 2 aliphatic carbocycles. The lowest BCUT2D eigenvalue weighted by molar-refractivity contribution is -0.139. The van der Waals surface area contributed by atoms with E-state index in [0.29, 0.717) is 23.4 Å². The number of rotatable bonds is 5. The monoisotopic (exact) mass is 332 g/mol. The van der Waals surface area contributed by atoms with Crippen molar-refractivity contribution in [3.05, 3.63) is 23.8 Å². The number of fused-ring (bicyclic) bond motifs is 1. The van der Waals surface area contributed by atoms with Crippen LogP contribution in [0.3, 0.4) is 0 Å². The first-order valence-corrected chi connectivity index (χ1v) is 9.63. The molecular formula is C22H36O2. The van der Waals surface area contributed by atoms with Crippen LogP contribution in [-0.4, -0.2) is 12.6 Å². The number of allylic oxidation sites excluding steroid dienone is 2. The van der Waals surface area contributed by atoms with Crippen molar-refractivity contribution >= 4 is 5.97 Å². The maximum Gasteiger partial charge on any atom is 0.302 e. The van der Waals surface area contributed by atoms with E-state index in [1.807, 2.05) is 0 Å². The van der Waals surface area contributed by atoms with Gasteiger partial charge >= 0.3 is 5.97 Å². The molecule has 2 nitrogen and oxygen atoms in total. The molecule has 0 aromatic carbocycles. The summed E-state index contributed by atoms with van der Waals surface area (Å²) in [7, 11) is 0. The SMILES string of the molecule is C=C1CC[C@H]2C(C)(C)CCC[C@]2(C)[C@H]1CC/C(C)=C\COC(C)=O. The molecule has 2 aliphatic rings. The fourth-order valence-electron chi connectivity index (χ4n) is 5.58. The maximum atomic E-state index is 10.9. The van der Waals surface area contributed by atoms with Gasteiger partial charge in [0.2, 0.25) is 0 Å². The standard InChI is InChI=1S/C22H36O2/c1-16(12-15-24-18(3)23)8-10-19-17(2)9-11-20-21(4,5)13-7-14-22(19,20)6/h12,19-20H,2,7-11,13-15H2,1,3-6H3/b16-12-/t19-,20-,22+/m0/s1. The van der Waals surface area contributed by atoms with Crippen molar-refractivity contribution in [3.8, 4) is 0 Å². The van der Waals surface area contributed by atoms with Crippen LogP contribution in [-0.2, 0) is 9.53 Å². The van der Waals surface area contributed by atoms with Crippen LogP contribution < -0.4 is 0 Å². The van der Waals surface area contributed by atoms with Gasteiger partial charge in [-0.2, -0.15) is 0 Å². The highest BCUT2D eigenvalue weighted by Gasteiger charge is 2.52. The number of hydrogen-bond donors (Lipinski definition) is 0. The zero-order chi connectivity index (χ0) is 18.0. The zero-order valence-corrected chi connectivity index (χ0v) is 16.4. The first-order valence-electron chi connectivity index (χ1n) is 9.63. The molecule has 0 unspecified atom stereocenters. The van der Waals surface area contributed by atoms with Crippen molar-refractivity contribution in [3.63, 3.8) is 0 Å². The van der Waals surface area contributed by atoms with Gasteiger partial charge in [-0.25, -0.2) is 0 Å². The van der Waals surface area contributed by atoms with E-state index >= 15 is 0 Å². The van der Waals surface area contributed by atoms with Crippen LogP contribution >= 0.6 is 0 Å². The van der Waals surface area contributed by atoms with Gasteiger partial charge in [0.1, 0.15) is 6.61 Å². The average molecular weight is 333 g/mol. The second kappa shape index (κ2) is 7.45. The molecule has 0 heterocycles. The van der Waals surface area contributed by atoms with E-state index in [-0.39, 0.29) is 5.97 Å². The minimum absolute atomic E-state index is 0.209. The van der Waals surface area contributed by atoms with Crippen LogP contribution in [0.25, 0.3) is 0 Å². The molecule has 3 atom stereocenters. The first kappa shape index (κ1) is 19.3. The van der Waals surface area contributed by atoms with E-state index in [1.165, 1.54) is 56.6 Å². The Kier molecular flexibility index (Phi) is 5.99. The molecule has 0 aliphatic heterocycles. The van der Waals surface area contributed by atoms with E-state index in [1.54, 1.807) is 0 Å². The predicted octanol–water partition coefficient (Wildman–Crippen LogP) is 6.07. The Morgan fingerprint density at radius 1 is 1.29 bits per heavy atom. The summed E-state index contributed by atoms with van der Waals surface area (Å²) in [6, 6.07) is 0. The van der Waals surface area contributed by atoms with Gasteiger partial charge in [-0.3, -0.25) is 4.79 Å². The van der Waals surface area contributed by atoms with E-state index in [0.717, 1.165) is 12.3 Å². The fourth-order valence-corrected chi connectivity index (χ4v) is 5.58. The average Bonchev–Trinajstić information content (AvgIpc) is 2.45. The predicted molar refractivity (Wildman–Crippen MR) is 101 cm³/mol. The summed E-state index contributed by atoms with van der Waals surface area (Å²) < 4.78 is 5.03. The lowest BCUT2D eigenvalue weighted by Crippen LogP contribution is -2.49. The number of ether oxygens (including phenoxy) is 1. The third-order valence-corrected chi connectivity index (χ3v) is 6.86. The van der Waals surface area contributed by atoms with Crippen molar-refractivity contribution in [2.75, 3.05) is 6.61 Å². The van der Waals surface area contributed by atoms with E-state index in [4.69, 9.17) is 4.74 Å². The van der Waals surface area contributed by atoms with Gasteiger partial charge < -0.3 is 4.74 Å². The van der Waals surface area contributed by atoms with Crippen molar-refractivity contribution in [1.82, 2.24) is 0 Å². The fraction of sp³-hybridized carbons (Fsp3) is 0.773. The summed E-state index contributed by atoms with van der Waals surface area (Å²) in [6.45, 7) is 16.0. The lowest BCUT2D eigenvalue weighted by Gasteiger charge is -2.58. The Morgan fingerprint density at radius 3 is 2.67 bits per heavy atom. The van der Waals surface area contributed by atoms with Crippen LogP contribution in [0.15, 0.2) is 23.8 Å². The van der Waals surface area contributed by atoms with E-state index in [2.05, 4.69) is 40.3 Å². The van der Waals surface area contributed by atoms with Crippen molar-refractivity contribution < 1.29 is 9.53 Å². The van der Waals surface area contributed by atoms with Gasteiger partial charge in [0, 0.05) is 6.92 Å². The van der Waals surface area contributed by atoms with Gasteiger partial charge in [0.05, 0.1) is 0 Å². The van der Waals surface area contributed by atoms with Gasteiger partial charge in [0.15, 0.2) is 0 Å². The number of hydrogen-bond acceptors (Lipinski definition) is 2. The number of carbonyl (C=O) groups is 1. The van der Waals surface area contributed by atoms with Gasteiger partial charge in [-0.05, 0) is 74.2 Å². The molecule has 2 saturated carbocycles. The molecule has 2 rings (SSSR count). The molecule has 2 heteroatoms. The summed E-state index contributed by atoms with van der Waals surface area (Å²) in [5.41, 5.74) is 3.67. The number of esters is 1. The molecule has 24 heavy (non-hydrogen) atoms. The largest absolute Gasteiger partial charge is 0.462 e. The first-order chi connectivity index (χ1) is 11.2. The highest BCUT2D eigenvalue weighted by molar-refractivity contribution is 5.66. The topological polar surface area (TPSA) is 26.3 Å². The third kappa shape index (κ3) is 4.13. The Labute approximate surface area is 148 Å². The van der Waals surface area contributed by atoms with Crippen molar-refractivity contribution in [2.45, 2.75) is 79.6 Å². The van der Waals surface area contributed by atoms with E-state index in [9.17, 15) is 4.79 Å². The Morgan fingerprint density at radius 2 is 2.00 bits per heavy atom. The molecule has 0 saturated heterocycles. The minimum Gasteiger partial charge on any atom is -0.462 e. The highest BCUT2D eigenvalue weighted by Crippen LogP contribution is 2.61. The molecule has 0 N–H and O–H groups in total. The molecule has 0 spiro atoms. The van der Waals surface area contributed by atoms with E-state index < -0.39 is 0 Å². The summed E-state index contributed by atoms with van der Waals surface area (Å²) in [4.78, 5) is 10.9. The summed E-state index contributed by atoms with van der Waals surface area (Å²) in [6.07, 6.45) is 10.9. The summed E-state index contributed by atoms with van der Waals surface area (Å²) in [5, 5.41) is 0. The second-order valence-electron chi connectivity index (χ2n) is 9.04. The molecule has 2 fully saturated rings. The molecule has 0 aromatic heterocycles. The molecule has 0 radical (unpaired) electrons. The van der Waals surface area contributed by atoms with Crippen LogP contribution in [0.2, 0.25) is 0 Å². The smallest absolute Gasteiger partial charge is 0.302 e. The molecule has 0 aromatic rings. The normalized spacial score (nSPS) is 33.0. The highest BCUT2D eigenvalue weighted by atomic mass is 16.5. The molecule has 136 valence electrons. The van der Waals surface area contributed by atoms with Crippen LogP contribution in [0.1, 0.15) is 79.6 Å². The van der Waals surface area contributed by atoms with Crippen LogP contribution in [0.4, 0.5) is 0 Å². The third-order valence-electron chi connectivity index (χ3n) is 6.86. The van der Waals surface area contributed by atoms with Crippen LogP contribution in [0.5, 0.6) is 0 Å². The Hall–Kier alpha value is -1.05. The molecule has 0 amide bonds. The number of carbonyl (C=O) groups excluding carboxylic acids is 1. The lowest BCUT2D eigenvalue weighted by atomic mass is 9.47. The summed E-state index contributed by atoms with van der Waals surface area (Å²) >= 11 is 0. The maximum absolute atomic E-state index is 10.9. The second-order valence-corrected chi connectivity index (χ2v) is 9.04. The molecular weight excluding hydrogens is 296 g/mol. The van der Waals surface area contributed by atoms with Crippen molar-refractivity contribution in [1.29, 1.82) is 0 Å².